The summed E-state index contributed by atoms with van der Waals surface area (Å²) in [5.74, 6) is -2.19. The Morgan fingerprint density at radius 2 is 1.90 bits per heavy atom. The third kappa shape index (κ3) is 3.82. The zero-order valence-corrected chi connectivity index (χ0v) is 21.4. The summed E-state index contributed by atoms with van der Waals surface area (Å²) in [6, 6.07) is 15.7. The number of nitrogens with zero attached hydrogens (tertiary/aromatic N) is 4. The third-order valence-electron chi connectivity index (χ3n) is 8.49. The summed E-state index contributed by atoms with van der Waals surface area (Å²) in [4.78, 5) is 31.6. The molecule has 7 nitrogen and oxygen atoms in total. The van der Waals surface area contributed by atoms with Crippen LogP contribution < -0.4 is 5.73 Å². The van der Waals surface area contributed by atoms with Gasteiger partial charge in [0.15, 0.2) is 5.65 Å². The minimum Gasteiger partial charge on any atom is -0.369 e. The number of nitrogens with two attached hydrogens (primary N) is 1. The molecule has 0 bridgehead atoms. The lowest BCUT2D eigenvalue weighted by atomic mass is 9.93. The standard InChI is InChI=1S/C30H27F2N5O2/c1-16-20-5-3-2-4-17(20)10-11-36(16)29(39)25-13-26(18-6-7-18)37-27(34-25)14-24(35-37)21-9-8-19(12-23(21)31)30(32)15-22(30)28(33)38/h2-5,8-9,12-14,16,18,22H,6-7,10-11,15H2,1H3,(H2,33,38)/t16-,22+,30+/m1/s1. The van der Waals surface area contributed by atoms with E-state index in [9.17, 15) is 9.59 Å². The Hall–Kier alpha value is -4.14. The lowest BCUT2D eigenvalue weighted by Gasteiger charge is -2.35. The van der Waals surface area contributed by atoms with E-state index in [0.29, 0.717) is 23.6 Å². The Morgan fingerprint density at radius 3 is 2.62 bits per heavy atom. The molecule has 0 unspecified atom stereocenters. The van der Waals surface area contributed by atoms with Crippen molar-refractivity contribution in [3.8, 4) is 11.3 Å². The molecular weight excluding hydrogens is 500 g/mol. The van der Waals surface area contributed by atoms with Crippen LogP contribution in [-0.4, -0.2) is 37.9 Å². The van der Waals surface area contributed by atoms with Gasteiger partial charge in [0.1, 0.15) is 17.2 Å². The molecule has 2 aromatic heterocycles. The average Bonchev–Trinajstić information content (AvgIpc) is 3.84. The minimum absolute atomic E-state index is 0.0395. The molecule has 0 saturated heterocycles. The smallest absolute Gasteiger partial charge is 0.273 e. The van der Waals surface area contributed by atoms with Crippen molar-refractivity contribution in [2.75, 3.05) is 6.54 Å². The van der Waals surface area contributed by atoms with Crippen LogP contribution in [0.3, 0.4) is 0 Å². The molecule has 39 heavy (non-hydrogen) atoms. The predicted molar refractivity (Wildman–Crippen MR) is 140 cm³/mol. The predicted octanol–water partition coefficient (Wildman–Crippen LogP) is 4.84. The maximum Gasteiger partial charge on any atom is 0.273 e. The Kier molecular flexibility index (Phi) is 5.17. The Bertz CT molecular complexity index is 1680. The quantitative estimate of drug-likeness (QED) is 0.402. The number of amides is 2. The van der Waals surface area contributed by atoms with E-state index in [-0.39, 0.29) is 35.4 Å². The molecule has 3 heterocycles. The Morgan fingerprint density at radius 1 is 1.10 bits per heavy atom. The molecule has 3 aliphatic rings. The highest BCUT2D eigenvalue weighted by molar-refractivity contribution is 5.93. The molecule has 4 aromatic rings. The molecule has 2 aliphatic carbocycles. The van der Waals surface area contributed by atoms with Crippen LogP contribution in [0.25, 0.3) is 16.9 Å². The van der Waals surface area contributed by atoms with Gasteiger partial charge in [-0.3, -0.25) is 9.59 Å². The van der Waals surface area contributed by atoms with Gasteiger partial charge in [-0.15, -0.1) is 0 Å². The first kappa shape index (κ1) is 23.9. The van der Waals surface area contributed by atoms with E-state index in [1.54, 1.807) is 10.6 Å². The molecule has 198 valence electrons. The number of carbonyl (C=O) groups excluding carboxylic acids is 2. The first-order valence-corrected chi connectivity index (χ1v) is 13.3. The van der Waals surface area contributed by atoms with Crippen molar-refractivity contribution in [2.24, 2.45) is 11.7 Å². The van der Waals surface area contributed by atoms with E-state index < -0.39 is 23.3 Å². The van der Waals surface area contributed by atoms with Gasteiger partial charge in [-0.1, -0.05) is 30.3 Å². The molecule has 3 atom stereocenters. The number of fused-ring (bicyclic) bond motifs is 2. The van der Waals surface area contributed by atoms with Gasteiger partial charge in [0.05, 0.1) is 17.7 Å². The third-order valence-corrected chi connectivity index (χ3v) is 8.49. The summed E-state index contributed by atoms with van der Waals surface area (Å²) >= 11 is 0. The van der Waals surface area contributed by atoms with Crippen LogP contribution in [0.15, 0.2) is 54.6 Å². The van der Waals surface area contributed by atoms with Crippen LogP contribution in [0.2, 0.25) is 0 Å². The zero-order valence-electron chi connectivity index (χ0n) is 21.4. The Labute approximate surface area is 223 Å². The van der Waals surface area contributed by atoms with Crippen LogP contribution in [0.1, 0.15) is 71.0 Å². The Balaban J connectivity index is 1.24. The molecule has 7 rings (SSSR count). The van der Waals surface area contributed by atoms with E-state index in [2.05, 4.69) is 22.2 Å². The average molecular weight is 528 g/mol. The van der Waals surface area contributed by atoms with Crippen molar-refractivity contribution in [1.29, 1.82) is 0 Å². The van der Waals surface area contributed by atoms with Gasteiger partial charge in [-0.2, -0.15) is 5.10 Å². The van der Waals surface area contributed by atoms with Gasteiger partial charge < -0.3 is 10.6 Å². The second kappa shape index (κ2) is 8.43. The van der Waals surface area contributed by atoms with Crippen LogP contribution in [0.5, 0.6) is 0 Å². The van der Waals surface area contributed by atoms with Gasteiger partial charge in [-0.25, -0.2) is 18.3 Å². The molecule has 2 fully saturated rings. The number of alkyl halides is 1. The van der Waals surface area contributed by atoms with E-state index >= 15 is 8.78 Å². The summed E-state index contributed by atoms with van der Waals surface area (Å²) < 4.78 is 31.9. The molecule has 2 saturated carbocycles. The zero-order chi connectivity index (χ0) is 27.1. The summed E-state index contributed by atoms with van der Waals surface area (Å²) in [6.07, 6.45) is 2.72. The lowest BCUT2D eigenvalue weighted by molar-refractivity contribution is -0.120. The van der Waals surface area contributed by atoms with E-state index in [0.717, 1.165) is 36.6 Å². The van der Waals surface area contributed by atoms with E-state index in [1.807, 2.05) is 30.0 Å². The second-order valence-corrected chi connectivity index (χ2v) is 11.0. The minimum atomic E-state index is -1.92. The van der Waals surface area contributed by atoms with Crippen molar-refractivity contribution in [3.05, 3.63) is 88.5 Å². The summed E-state index contributed by atoms with van der Waals surface area (Å²) in [6.45, 7) is 2.64. The highest BCUT2D eigenvalue weighted by Crippen LogP contribution is 2.55. The van der Waals surface area contributed by atoms with Gasteiger partial charge in [0.25, 0.3) is 5.91 Å². The van der Waals surface area contributed by atoms with E-state index in [4.69, 9.17) is 5.73 Å². The lowest BCUT2D eigenvalue weighted by Crippen LogP contribution is -2.39. The number of hydrogen-bond acceptors (Lipinski definition) is 4. The fourth-order valence-electron chi connectivity index (χ4n) is 5.97. The van der Waals surface area contributed by atoms with Crippen molar-refractivity contribution >= 4 is 17.5 Å². The molecule has 1 aliphatic heterocycles. The molecule has 2 N–H and O–H groups in total. The van der Waals surface area contributed by atoms with Crippen LogP contribution in [0.4, 0.5) is 8.78 Å². The van der Waals surface area contributed by atoms with Gasteiger partial charge in [-0.05, 0) is 61.1 Å². The largest absolute Gasteiger partial charge is 0.369 e. The monoisotopic (exact) mass is 527 g/mol. The molecule has 0 radical (unpaired) electrons. The number of benzene rings is 2. The summed E-state index contributed by atoms with van der Waals surface area (Å²) in [5.41, 5.74) is 8.05. The van der Waals surface area contributed by atoms with Crippen LogP contribution in [-0.2, 0) is 16.9 Å². The van der Waals surface area contributed by atoms with Crippen molar-refractivity contribution in [3.63, 3.8) is 0 Å². The SMILES string of the molecule is C[C@@H]1c2ccccc2CCN1C(=O)c1cc(C2CC2)n2nc(-c3ccc([C@@]4(F)C[C@H]4C(N)=O)cc3F)cc2n1. The van der Waals surface area contributed by atoms with Gasteiger partial charge >= 0.3 is 0 Å². The normalized spacial score (nSPS) is 24.0. The number of aromatic nitrogens is 3. The topological polar surface area (TPSA) is 93.6 Å². The van der Waals surface area contributed by atoms with E-state index in [1.165, 1.54) is 17.7 Å². The summed E-state index contributed by atoms with van der Waals surface area (Å²) in [5, 5.41) is 4.63. The van der Waals surface area contributed by atoms with Crippen LogP contribution >= 0.6 is 0 Å². The number of rotatable bonds is 5. The number of primary amides is 1. The first-order chi connectivity index (χ1) is 18.7. The highest BCUT2D eigenvalue weighted by atomic mass is 19.1. The van der Waals surface area contributed by atoms with Crippen molar-refractivity contribution in [2.45, 2.75) is 50.2 Å². The number of carbonyl (C=O) groups is 2. The summed E-state index contributed by atoms with van der Waals surface area (Å²) in [7, 11) is 0. The number of hydrogen-bond donors (Lipinski definition) is 1. The molecule has 9 heteroatoms. The molecule has 2 aromatic carbocycles. The molecular formula is C30H27F2N5O2. The highest BCUT2D eigenvalue weighted by Gasteiger charge is 2.60. The fourth-order valence-corrected chi connectivity index (χ4v) is 5.97. The first-order valence-electron chi connectivity index (χ1n) is 13.3. The van der Waals surface area contributed by atoms with Crippen LogP contribution in [0, 0.1) is 11.7 Å². The van der Waals surface area contributed by atoms with Gasteiger partial charge in [0, 0.05) is 36.2 Å². The maximum absolute atomic E-state index is 15.2. The van der Waals surface area contributed by atoms with Gasteiger partial charge in [0.2, 0.25) is 5.91 Å². The van der Waals surface area contributed by atoms with Crippen molar-refractivity contribution < 1.29 is 18.4 Å². The molecule has 2 amide bonds. The van der Waals surface area contributed by atoms with Crippen molar-refractivity contribution in [1.82, 2.24) is 19.5 Å². The number of halogens is 2. The molecule has 0 spiro atoms. The fraction of sp³-hybridized carbons (Fsp3) is 0.333. The second-order valence-electron chi connectivity index (χ2n) is 11.0. The maximum atomic E-state index is 15.2.